The largest absolute Gasteiger partial charge is 0.352 e. The molecule has 0 saturated carbocycles. The van der Waals surface area contributed by atoms with Crippen LogP contribution in [-0.2, 0) is 21.4 Å². The van der Waals surface area contributed by atoms with Gasteiger partial charge in [-0.05, 0) is 66.1 Å². The molecular formula is C25H33N3O3. The molecule has 3 N–H and O–H groups in total. The molecule has 2 aromatic rings. The Balaban J connectivity index is 2.14. The van der Waals surface area contributed by atoms with Crippen molar-refractivity contribution in [3.8, 4) is 0 Å². The van der Waals surface area contributed by atoms with Crippen molar-refractivity contribution in [2.45, 2.75) is 60.3 Å². The number of rotatable bonds is 6. The SMILES string of the molecule is CC(=O)Nc1cc(NC(C)=O)cc(C(=O)NCCc2c(C)cc(C(C)(C)C)cc2C)c1. The quantitative estimate of drug-likeness (QED) is 0.640. The predicted octanol–water partition coefficient (Wildman–Crippen LogP) is 4.49. The van der Waals surface area contributed by atoms with E-state index in [9.17, 15) is 14.4 Å². The van der Waals surface area contributed by atoms with E-state index in [0.29, 0.717) is 23.5 Å². The van der Waals surface area contributed by atoms with Gasteiger partial charge in [0.2, 0.25) is 11.8 Å². The molecule has 0 atom stereocenters. The zero-order valence-corrected chi connectivity index (χ0v) is 19.5. The first kappa shape index (κ1) is 24.1. The Morgan fingerprint density at radius 3 is 1.71 bits per heavy atom. The van der Waals surface area contributed by atoms with Crippen LogP contribution in [0.4, 0.5) is 11.4 Å². The minimum atomic E-state index is -0.263. The van der Waals surface area contributed by atoms with Gasteiger partial charge < -0.3 is 16.0 Å². The van der Waals surface area contributed by atoms with Crippen molar-refractivity contribution in [3.05, 3.63) is 58.1 Å². The monoisotopic (exact) mass is 423 g/mol. The standard InChI is InChI=1S/C25H33N3O3/c1-15-10-20(25(5,6)7)11-16(2)23(15)8-9-26-24(31)19-12-21(27-17(3)29)14-22(13-19)28-18(4)30/h10-14H,8-9H2,1-7H3,(H,26,31)(H,27,29)(H,28,30). The minimum absolute atomic E-state index is 0.0901. The zero-order chi connectivity index (χ0) is 23.3. The number of amides is 3. The molecule has 6 nitrogen and oxygen atoms in total. The van der Waals surface area contributed by atoms with Gasteiger partial charge in [0.1, 0.15) is 0 Å². The molecule has 0 saturated heterocycles. The van der Waals surface area contributed by atoms with Crippen molar-refractivity contribution in [2.75, 3.05) is 17.2 Å². The van der Waals surface area contributed by atoms with Gasteiger partial charge in [-0.1, -0.05) is 32.9 Å². The van der Waals surface area contributed by atoms with Crippen LogP contribution in [-0.4, -0.2) is 24.3 Å². The fraction of sp³-hybridized carbons (Fsp3) is 0.400. The van der Waals surface area contributed by atoms with E-state index in [1.54, 1.807) is 18.2 Å². The Labute approximate surface area is 184 Å². The van der Waals surface area contributed by atoms with Gasteiger partial charge in [0, 0.05) is 37.3 Å². The van der Waals surface area contributed by atoms with E-state index in [1.165, 1.54) is 36.1 Å². The summed E-state index contributed by atoms with van der Waals surface area (Å²) in [5, 5.41) is 8.26. The first-order valence-electron chi connectivity index (χ1n) is 10.5. The molecule has 3 amide bonds. The molecule has 0 aromatic heterocycles. The number of hydrogen-bond acceptors (Lipinski definition) is 3. The number of carbonyl (C=O) groups is 3. The number of hydrogen-bond donors (Lipinski definition) is 3. The number of anilines is 2. The van der Waals surface area contributed by atoms with Crippen molar-refractivity contribution >= 4 is 29.1 Å². The second-order valence-electron chi connectivity index (χ2n) is 9.01. The van der Waals surface area contributed by atoms with Crippen molar-refractivity contribution in [2.24, 2.45) is 0 Å². The molecule has 6 heteroatoms. The lowest BCUT2D eigenvalue weighted by Gasteiger charge is -2.22. The second kappa shape index (κ2) is 9.77. The van der Waals surface area contributed by atoms with Crippen LogP contribution in [0, 0.1) is 13.8 Å². The molecule has 0 fully saturated rings. The molecule has 0 radical (unpaired) electrons. The lowest BCUT2D eigenvalue weighted by atomic mass is 9.83. The zero-order valence-electron chi connectivity index (χ0n) is 19.5. The molecule has 31 heavy (non-hydrogen) atoms. The average Bonchev–Trinajstić information content (AvgIpc) is 2.61. The molecule has 0 unspecified atom stereocenters. The van der Waals surface area contributed by atoms with Crippen LogP contribution >= 0.6 is 0 Å². The Hall–Kier alpha value is -3.15. The maximum Gasteiger partial charge on any atom is 0.251 e. The maximum atomic E-state index is 12.7. The van der Waals surface area contributed by atoms with Gasteiger partial charge in [0.25, 0.3) is 5.91 Å². The van der Waals surface area contributed by atoms with E-state index in [1.807, 2.05) is 0 Å². The summed E-state index contributed by atoms with van der Waals surface area (Å²) in [4.78, 5) is 35.5. The van der Waals surface area contributed by atoms with Gasteiger partial charge in [0.15, 0.2) is 0 Å². The Morgan fingerprint density at radius 2 is 1.29 bits per heavy atom. The smallest absolute Gasteiger partial charge is 0.251 e. The van der Waals surface area contributed by atoms with Crippen LogP contribution in [0.25, 0.3) is 0 Å². The van der Waals surface area contributed by atoms with Crippen molar-refractivity contribution in [1.82, 2.24) is 5.32 Å². The summed E-state index contributed by atoms with van der Waals surface area (Å²) in [7, 11) is 0. The molecule has 2 aromatic carbocycles. The number of aryl methyl sites for hydroxylation is 2. The first-order chi connectivity index (χ1) is 14.4. The summed E-state index contributed by atoms with van der Waals surface area (Å²) in [6.45, 7) is 14.1. The van der Waals surface area contributed by atoms with Crippen LogP contribution in [0.5, 0.6) is 0 Å². The highest BCUT2D eigenvalue weighted by Crippen LogP contribution is 2.27. The third-order valence-electron chi connectivity index (χ3n) is 5.06. The van der Waals surface area contributed by atoms with E-state index in [4.69, 9.17) is 0 Å². The van der Waals surface area contributed by atoms with Crippen LogP contribution < -0.4 is 16.0 Å². The summed E-state index contributed by atoms with van der Waals surface area (Å²) in [5.41, 5.74) is 6.34. The lowest BCUT2D eigenvalue weighted by Crippen LogP contribution is -2.26. The molecule has 0 bridgehead atoms. The Morgan fingerprint density at radius 1 is 0.806 bits per heavy atom. The molecule has 166 valence electrons. The summed E-state index contributed by atoms with van der Waals surface area (Å²) >= 11 is 0. The summed E-state index contributed by atoms with van der Waals surface area (Å²) in [6.07, 6.45) is 0.720. The second-order valence-corrected chi connectivity index (χ2v) is 9.01. The molecule has 0 aliphatic heterocycles. The van der Waals surface area contributed by atoms with Crippen molar-refractivity contribution < 1.29 is 14.4 Å². The highest BCUT2D eigenvalue weighted by atomic mass is 16.2. The van der Waals surface area contributed by atoms with Gasteiger partial charge in [-0.3, -0.25) is 14.4 Å². The highest BCUT2D eigenvalue weighted by molar-refractivity contribution is 5.99. The highest BCUT2D eigenvalue weighted by Gasteiger charge is 2.16. The predicted molar refractivity (Wildman–Crippen MR) is 126 cm³/mol. The number of nitrogens with one attached hydrogen (secondary N) is 3. The van der Waals surface area contributed by atoms with Crippen LogP contribution in [0.3, 0.4) is 0 Å². The van der Waals surface area contributed by atoms with E-state index in [-0.39, 0.29) is 23.1 Å². The Kier molecular flexibility index (Phi) is 7.60. The van der Waals surface area contributed by atoms with E-state index in [0.717, 1.165) is 6.42 Å². The first-order valence-corrected chi connectivity index (χ1v) is 10.5. The summed E-state index contributed by atoms with van der Waals surface area (Å²) in [5.74, 6) is -0.771. The topological polar surface area (TPSA) is 87.3 Å². The third kappa shape index (κ3) is 6.95. The van der Waals surface area contributed by atoms with Crippen LogP contribution in [0.2, 0.25) is 0 Å². The summed E-state index contributed by atoms with van der Waals surface area (Å²) in [6, 6.07) is 9.25. The normalized spacial score (nSPS) is 11.1. The summed E-state index contributed by atoms with van der Waals surface area (Å²) < 4.78 is 0. The number of carbonyl (C=O) groups excluding carboxylic acids is 3. The molecule has 0 aliphatic rings. The molecule has 0 spiro atoms. The van der Waals surface area contributed by atoms with Gasteiger partial charge in [-0.2, -0.15) is 0 Å². The van der Waals surface area contributed by atoms with Gasteiger partial charge in [-0.15, -0.1) is 0 Å². The Bertz CT molecular complexity index is 946. The van der Waals surface area contributed by atoms with Crippen LogP contribution in [0.15, 0.2) is 30.3 Å². The molecule has 0 heterocycles. The van der Waals surface area contributed by atoms with E-state index >= 15 is 0 Å². The molecule has 2 rings (SSSR count). The minimum Gasteiger partial charge on any atom is -0.352 e. The maximum absolute atomic E-state index is 12.7. The number of benzene rings is 2. The van der Waals surface area contributed by atoms with Crippen molar-refractivity contribution in [3.63, 3.8) is 0 Å². The van der Waals surface area contributed by atoms with Gasteiger partial charge in [0.05, 0.1) is 0 Å². The van der Waals surface area contributed by atoms with E-state index < -0.39 is 0 Å². The molecular weight excluding hydrogens is 390 g/mol. The fourth-order valence-corrected chi connectivity index (χ4v) is 3.53. The van der Waals surface area contributed by atoms with Gasteiger partial charge >= 0.3 is 0 Å². The third-order valence-corrected chi connectivity index (χ3v) is 5.06. The van der Waals surface area contributed by atoms with Crippen LogP contribution in [0.1, 0.15) is 67.2 Å². The van der Waals surface area contributed by atoms with Crippen molar-refractivity contribution in [1.29, 1.82) is 0 Å². The lowest BCUT2D eigenvalue weighted by molar-refractivity contribution is -0.115. The fourth-order valence-electron chi connectivity index (χ4n) is 3.53. The van der Waals surface area contributed by atoms with Gasteiger partial charge in [-0.25, -0.2) is 0 Å². The van der Waals surface area contributed by atoms with E-state index in [2.05, 4.69) is 62.7 Å². The average molecular weight is 424 g/mol. The molecule has 0 aliphatic carbocycles.